The van der Waals surface area contributed by atoms with Gasteiger partial charge in [-0.25, -0.2) is 0 Å². The minimum atomic E-state index is -0.225. The Morgan fingerprint density at radius 3 is 2.14 bits per heavy atom. The highest BCUT2D eigenvalue weighted by Crippen LogP contribution is 2.26. The van der Waals surface area contributed by atoms with E-state index in [4.69, 9.17) is 0 Å². The highest BCUT2D eigenvalue weighted by atomic mass is 16.2. The number of carbonyl (C=O) groups is 2. The molecule has 1 atom stereocenters. The van der Waals surface area contributed by atoms with E-state index in [1.54, 1.807) is 11.0 Å². The Hall–Kier alpha value is -2.82. The Bertz CT molecular complexity index is 799. The van der Waals surface area contributed by atoms with E-state index in [-0.39, 0.29) is 17.7 Å². The Morgan fingerprint density at radius 1 is 0.964 bits per heavy atom. The van der Waals surface area contributed by atoms with Crippen molar-refractivity contribution in [2.75, 3.05) is 37.4 Å². The van der Waals surface area contributed by atoms with Crippen LogP contribution in [0.15, 0.2) is 48.5 Å². The van der Waals surface area contributed by atoms with Gasteiger partial charge in [-0.3, -0.25) is 9.59 Å². The van der Waals surface area contributed by atoms with E-state index < -0.39 is 0 Å². The van der Waals surface area contributed by atoms with Gasteiger partial charge in [-0.1, -0.05) is 37.3 Å². The third-order valence-corrected chi connectivity index (χ3v) is 4.95. The van der Waals surface area contributed by atoms with Crippen LogP contribution in [-0.4, -0.2) is 43.9 Å². The lowest BCUT2D eigenvalue weighted by Crippen LogP contribution is -2.32. The molecule has 0 aromatic heterocycles. The van der Waals surface area contributed by atoms with Crippen molar-refractivity contribution >= 4 is 23.2 Å². The number of amides is 2. The van der Waals surface area contributed by atoms with Gasteiger partial charge in [0.2, 0.25) is 5.91 Å². The molecule has 0 radical (unpaired) electrons. The molecule has 2 rings (SSSR count). The molecule has 0 bridgehead atoms. The second-order valence-corrected chi connectivity index (χ2v) is 6.96. The normalized spacial score (nSPS) is 11.6. The maximum atomic E-state index is 13.0. The Kier molecular flexibility index (Phi) is 7.61. The van der Waals surface area contributed by atoms with Crippen molar-refractivity contribution in [3.63, 3.8) is 0 Å². The molecule has 5 nitrogen and oxygen atoms in total. The molecular formula is C23H31N3O2. The molecule has 0 saturated heterocycles. The monoisotopic (exact) mass is 381 g/mol. The maximum absolute atomic E-state index is 13.0. The molecule has 28 heavy (non-hydrogen) atoms. The summed E-state index contributed by atoms with van der Waals surface area (Å²) < 4.78 is 0. The summed E-state index contributed by atoms with van der Waals surface area (Å²) in [5.41, 5.74) is 3.07. The Balaban J connectivity index is 2.32. The van der Waals surface area contributed by atoms with Gasteiger partial charge in [0.15, 0.2) is 0 Å². The Labute approximate surface area is 168 Å². The van der Waals surface area contributed by atoms with Crippen molar-refractivity contribution in [1.82, 2.24) is 4.90 Å². The average Bonchev–Trinajstić information content (AvgIpc) is 2.70. The van der Waals surface area contributed by atoms with E-state index in [1.807, 2.05) is 82.2 Å². The van der Waals surface area contributed by atoms with Crippen molar-refractivity contribution in [3.05, 3.63) is 59.7 Å². The van der Waals surface area contributed by atoms with E-state index >= 15 is 0 Å². The van der Waals surface area contributed by atoms with Crippen LogP contribution in [0.1, 0.15) is 49.0 Å². The number of anilines is 2. The lowest BCUT2D eigenvalue weighted by Gasteiger charge is -2.24. The molecule has 0 fully saturated rings. The van der Waals surface area contributed by atoms with Gasteiger partial charge in [-0.05, 0) is 44.0 Å². The molecule has 1 N–H and O–H groups in total. The molecule has 0 aliphatic carbocycles. The first-order valence-corrected chi connectivity index (χ1v) is 9.89. The van der Waals surface area contributed by atoms with Crippen LogP contribution in [-0.2, 0) is 4.79 Å². The van der Waals surface area contributed by atoms with Crippen molar-refractivity contribution in [3.8, 4) is 0 Å². The first-order chi connectivity index (χ1) is 13.4. The lowest BCUT2D eigenvalue weighted by atomic mass is 9.95. The van der Waals surface area contributed by atoms with Gasteiger partial charge in [-0.15, -0.1) is 0 Å². The van der Waals surface area contributed by atoms with Gasteiger partial charge in [0, 0.05) is 38.6 Å². The summed E-state index contributed by atoms with van der Waals surface area (Å²) in [7, 11) is 3.82. The molecule has 0 heterocycles. The number of nitrogens with zero attached hydrogens (tertiary/aromatic N) is 2. The predicted molar refractivity (Wildman–Crippen MR) is 116 cm³/mol. The topological polar surface area (TPSA) is 52.7 Å². The summed E-state index contributed by atoms with van der Waals surface area (Å²) in [5.74, 6) is -0.316. The largest absolute Gasteiger partial charge is 0.377 e. The number of benzene rings is 2. The fraction of sp³-hybridized carbons (Fsp3) is 0.391. The summed E-state index contributed by atoms with van der Waals surface area (Å²) >= 11 is 0. The zero-order valence-corrected chi connectivity index (χ0v) is 17.5. The quantitative estimate of drug-likeness (QED) is 0.739. The van der Waals surface area contributed by atoms with Crippen LogP contribution in [0.3, 0.4) is 0 Å². The first kappa shape index (κ1) is 21.5. The molecule has 2 amide bonds. The highest BCUT2D eigenvalue weighted by molar-refractivity contribution is 6.02. The van der Waals surface area contributed by atoms with E-state index in [2.05, 4.69) is 5.32 Å². The number of carbonyl (C=O) groups excluding carboxylic acids is 2. The minimum Gasteiger partial charge on any atom is -0.377 e. The lowest BCUT2D eigenvalue weighted by molar-refractivity contribution is -0.117. The molecule has 2 aromatic rings. The summed E-state index contributed by atoms with van der Waals surface area (Å²) in [6, 6.07) is 15.3. The SMILES string of the molecule is CCC(C(=O)Nc1ccc(N(C)C)c(C(=O)N(CC)CC)c1)c1ccccc1. The van der Waals surface area contributed by atoms with Crippen molar-refractivity contribution in [2.45, 2.75) is 33.1 Å². The standard InChI is InChI=1S/C23H31N3O2/c1-6-19(17-12-10-9-11-13-17)22(27)24-18-14-15-21(25(4)5)20(16-18)23(28)26(7-2)8-3/h9-16,19H,6-8H2,1-5H3,(H,24,27). The predicted octanol–water partition coefficient (Wildman–Crippen LogP) is 4.37. The van der Waals surface area contributed by atoms with E-state index in [0.717, 1.165) is 11.3 Å². The zero-order chi connectivity index (χ0) is 20.7. The van der Waals surface area contributed by atoms with Gasteiger partial charge >= 0.3 is 0 Å². The third kappa shape index (κ3) is 4.91. The fourth-order valence-electron chi connectivity index (χ4n) is 3.34. The van der Waals surface area contributed by atoms with Gasteiger partial charge in [0.1, 0.15) is 0 Å². The zero-order valence-electron chi connectivity index (χ0n) is 17.5. The Morgan fingerprint density at radius 2 is 1.61 bits per heavy atom. The first-order valence-electron chi connectivity index (χ1n) is 9.89. The van der Waals surface area contributed by atoms with Crippen LogP contribution in [0.5, 0.6) is 0 Å². The number of hydrogen-bond donors (Lipinski definition) is 1. The molecule has 1 unspecified atom stereocenters. The highest BCUT2D eigenvalue weighted by Gasteiger charge is 2.21. The molecule has 0 saturated carbocycles. The summed E-state index contributed by atoms with van der Waals surface area (Å²) in [6.07, 6.45) is 0.705. The van der Waals surface area contributed by atoms with Crippen LogP contribution in [0.2, 0.25) is 0 Å². The van der Waals surface area contributed by atoms with Crippen LogP contribution >= 0.6 is 0 Å². The van der Waals surface area contributed by atoms with Gasteiger partial charge in [0.25, 0.3) is 5.91 Å². The average molecular weight is 382 g/mol. The summed E-state index contributed by atoms with van der Waals surface area (Å²) in [4.78, 5) is 29.5. The maximum Gasteiger partial charge on any atom is 0.256 e. The summed E-state index contributed by atoms with van der Waals surface area (Å²) in [5, 5.41) is 3.00. The molecule has 2 aromatic carbocycles. The van der Waals surface area contributed by atoms with Crippen LogP contribution < -0.4 is 10.2 Å². The van der Waals surface area contributed by atoms with Crippen molar-refractivity contribution < 1.29 is 9.59 Å². The van der Waals surface area contributed by atoms with Crippen molar-refractivity contribution in [2.24, 2.45) is 0 Å². The molecule has 0 aliphatic rings. The number of hydrogen-bond acceptors (Lipinski definition) is 3. The van der Waals surface area contributed by atoms with Crippen LogP contribution in [0.4, 0.5) is 11.4 Å². The van der Waals surface area contributed by atoms with Gasteiger partial charge < -0.3 is 15.1 Å². The van der Waals surface area contributed by atoms with Crippen LogP contribution in [0.25, 0.3) is 0 Å². The fourth-order valence-corrected chi connectivity index (χ4v) is 3.34. The smallest absolute Gasteiger partial charge is 0.256 e. The number of rotatable bonds is 8. The van der Waals surface area contributed by atoms with Gasteiger partial charge in [-0.2, -0.15) is 0 Å². The molecule has 0 aliphatic heterocycles. The second kappa shape index (κ2) is 9.93. The van der Waals surface area contributed by atoms with Crippen molar-refractivity contribution in [1.29, 1.82) is 0 Å². The van der Waals surface area contributed by atoms with E-state index in [1.165, 1.54) is 0 Å². The van der Waals surface area contributed by atoms with Crippen LogP contribution in [0, 0.1) is 0 Å². The molecular weight excluding hydrogens is 350 g/mol. The molecule has 0 spiro atoms. The van der Waals surface area contributed by atoms with E-state index in [0.29, 0.717) is 30.8 Å². The number of nitrogens with one attached hydrogen (secondary N) is 1. The van der Waals surface area contributed by atoms with Gasteiger partial charge in [0.05, 0.1) is 11.5 Å². The summed E-state index contributed by atoms with van der Waals surface area (Å²) in [6.45, 7) is 7.22. The minimum absolute atomic E-state index is 0.0279. The molecule has 5 heteroatoms. The molecule has 150 valence electrons. The van der Waals surface area contributed by atoms with E-state index in [9.17, 15) is 9.59 Å². The third-order valence-electron chi connectivity index (χ3n) is 4.95. The second-order valence-electron chi connectivity index (χ2n) is 6.96.